The van der Waals surface area contributed by atoms with Gasteiger partial charge >= 0.3 is 0 Å². The first-order valence-electron chi connectivity index (χ1n) is 6.99. The first-order chi connectivity index (χ1) is 10.6. The van der Waals surface area contributed by atoms with E-state index < -0.39 is 0 Å². The number of aliphatic hydroxyl groups excluding tert-OH is 2. The van der Waals surface area contributed by atoms with Crippen LogP contribution in [0, 0.1) is 0 Å². The molecular weight excluding hydrogens is 280 g/mol. The Labute approximate surface area is 129 Å². The number of H-pyrrole nitrogens is 1. The Balaban J connectivity index is 0.000000211. The van der Waals surface area contributed by atoms with E-state index in [-0.39, 0.29) is 18.9 Å². The summed E-state index contributed by atoms with van der Waals surface area (Å²) in [4.78, 5) is 15.2. The highest BCUT2D eigenvalue weighted by Gasteiger charge is 2.13. The average molecular weight is 300 g/mol. The summed E-state index contributed by atoms with van der Waals surface area (Å²) in [5, 5.41) is 18.0. The van der Waals surface area contributed by atoms with Crippen LogP contribution < -0.4 is 0 Å². The minimum atomic E-state index is -0.167. The van der Waals surface area contributed by atoms with Crippen LogP contribution >= 0.6 is 0 Å². The molecular formula is C16H20N4O2. The van der Waals surface area contributed by atoms with Crippen molar-refractivity contribution in [1.82, 2.24) is 9.97 Å². The van der Waals surface area contributed by atoms with Crippen molar-refractivity contribution in [2.75, 3.05) is 0 Å². The molecule has 0 aliphatic carbocycles. The van der Waals surface area contributed by atoms with Gasteiger partial charge in [0.05, 0.1) is 24.6 Å². The number of nitrogens with zero attached hydrogens (tertiary/aromatic N) is 3. The van der Waals surface area contributed by atoms with Gasteiger partial charge in [-0.1, -0.05) is 30.3 Å². The topological polar surface area (TPSA) is 93.9 Å². The van der Waals surface area contributed by atoms with Gasteiger partial charge in [0.25, 0.3) is 0 Å². The van der Waals surface area contributed by atoms with Crippen LogP contribution in [0.5, 0.6) is 0 Å². The Morgan fingerprint density at radius 1 is 1.00 bits per heavy atom. The minimum absolute atomic E-state index is 0.143. The second-order valence-corrected chi connectivity index (χ2v) is 5.24. The van der Waals surface area contributed by atoms with E-state index in [1.807, 2.05) is 44.2 Å². The van der Waals surface area contributed by atoms with Gasteiger partial charge in [0.1, 0.15) is 11.5 Å². The number of aliphatic hydroxyl groups is 2. The molecule has 0 spiro atoms. The molecule has 3 rings (SSSR count). The molecule has 0 saturated heterocycles. The Morgan fingerprint density at radius 3 is 2.05 bits per heavy atom. The number of imidazole rings is 1. The number of aromatic nitrogens is 2. The van der Waals surface area contributed by atoms with Crippen LogP contribution in [0.2, 0.25) is 0 Å². The molecule has 0 bridgehead atoms. The molecule has 2 aromatic rings. The molecule has 22 heavy (non-hydrogen) atoms. The van der Waals surface area contributed by atoms with Crippen molar-refractivity contribution in [3.63, 3.8) is 0 Å². The monoisotopic (exact) mass is 300 g/mol. The number of aromatic amines is 1. The molecule has 0 unspecified atom stereocenters. The van der Waals surface area contributed by atoms with Gasteiger partial charge in [-0.15, -0.1) is 0 Å². The fourth-order valence-corrected chi connectivity index (χ4v) is 1.90. The maximum absolute atomic E-state index is 9.03. The largest absolute Gasteiger partial charge is 0.390 e. The van der Waals surface area contributed by atoms with E-state index in [0.29, 0.717) is 17.2 Å². The summed E-state index contributed by atoms with van der Waals surface area (Å²) in [5.41, 5.74) is 1.83. The molecule has 116 valence electrons. The van der Waals surface area contributed by atoms with Gasteiger partial charge < -0.3 is 15.2 Å². The minimum Gasteiger partial charge on any atom is -0.390 e. The van der Waals surface area contributed by atoms with Crippen molar-refractivity contribution < 1.29 is 10.2 Å². The fourth-order valence-electron chi connectivity index (χ4n) is 1.90. The van der Waals surface area contributed by atoms with Crippen molar-refractivity contribution in [1.29, 1.82) is 0 Å². The van der Waals surface area contributed by atoms with Crippen molar-refractivity contribution in [3.05, 3.63) is 41.7 Å². The lowest BCUT2D eigenvalue weighted by Crippen LogP contribution is -2.07. The van der Waals surface area contributed by atoms with Gasteiger partial charge in [0, 0.05) is 18.0 Å². The Kier molecular flexibility index (Phi) is 5.19. The van der Waals surface area contributed by atoms with Crippen LogP contribution in [0.25, 0.3) is 11.4 Å². The van der Waals surface area contributed by atoms with E-state index in [2.05, 4.69) is 20.0 Å². The zero-order valence-electron chi connectivity index (χ0n) is 12.7. The van der Waals surface area contributed by atoms with E-state index in [1.54, 1.807) is 12.4 Å². The average Bonchev–Trinajstić information content (AvgIpc) is 3.14. The number of rotatable bonds is 3. The molecule has 6 nitrogen and oxygen atoms in total. The van der Waals surface area contributed by atoms with Gasteiger partial charge in [-0.3, -0.25) is 9.98 Å². The second kappa shape index (κ2) is 7.11. The van der Waals surface area contributed by atoms with Gasteiger partial charge in [-0.05, 0) is 13.8 Å². The van der Waals surface area contributed by atoms with Crippen LogP contribution in [-0.4, -0.2) is 38.3 Å². The van der Waals surface area contributed by atoms with Crippen molar-refractivity contribution in [2.45, 2.75) is 32.7 Å². The van der Waals surface area contributed by atoms with Crippen molar-refractivity contribution in [3.8, 4) is 11.4 Å². The highest BCUT2D eigenvalue weighted by atomic mass is 16.3. The summed E-state index contributed by atoms with van der Waals surface area (Å²) in [6.07, 6.45) is 3.44. The third-order valence-corrected chi connectivity index (χ3v) is 3.07. The molecule has 1 aromatic heterocycles. The zero-order chi connectivity index (χ0) is 16.0. The van der Waals surface area contributed by atoms with E-state index in [1.165, 1.54) is 0 Å². The summed E-state index contributed by atoms with van der Waals surface area (Å²) in [7, 11) is 0. The fraction of sp³-hybridized carbons (Fsp3) is 0.312. The quantitative estimate of drug-likeness (QED) is 0.808. The van der Waals surface area contributed by atoms with E-state index in [9.17, 15) is 0 Å². The number of benzene rings is 1. The Bertz CT molecular complexity index is 625. The predicted octanol–water partition coefficient (Wildman–Crippen LogP) is 1.94. The first kappa shape index (κ1) is 16.1. The standard InChI is InChI=1S/C11H12N2O2.C5H8N2/c14-6-9-10(7-15)13-11(12-9)8-4-2-1-3-5-8;1-5(2)6-3-4-7-5/h1-5,14-15H,6-7H2,(H,12,13);3-4H,1-2H3. The number of hydrogen-bond acceptors (Lipinski definition) is 5. The second-order valence-electron chi connectivity index (χ2n) is 5.24. The summed E-state index contributed by atoms with van der Waals surface area (Å²) in [5.74, 6) is 0.670. The molecule has 0 saturated carbocycles. The van der Waals surface area contributed by atoms with E-state index >= 15 is 0 Å². The Hall–Kier alpha value is -2.31. The van der Waals surface area contributed by atoms with Gasteiger partial charge in [-0.25, -0.2) is 4.98 Å². The number of hydrogen-bond donors (Lipinski definition) is 3. The molecule has 0 atom stereocenters. The maximum atomic E-state index is 9.03. The molecule has 0 amide bonds. The SMILES string of the molecule is CC1(C)N=CC=N1.OCc1nc(-c2ccccc2)[nH]c1CO. The van der Waals surface area contributed by atoms with Gasteiger partial charge in [0.15, 0.2) is 0 Å². The third kappa shape index (κ3) is 4.09. The molecule has 6 heteroatoms. The molecule has 1 aromatic carbocycles. The lowest BCUT2D eigenvalue weighted by molar-refractivity contribution is 0.255. The summed E-state index contributed by atoms with van der Waals surface area (Å²) in [6.45, 7) is 3.62. The molecule has 3 N–H and O–H groups in total. The van der Waals surface area contributed by atoms with Crippen molar-refractivity contribution >= 4 is 12.4 Å². The number of aliphatic imine (C=N–C) groups is 2. The molecule has 1 aliphatic heterocycles. The van der Waals surface area contributed by atoms with Crippen LogP contribution in [0.1, 0.15) is 25.2 Å². The Morgan fingerprint density at radius 2 is 1.64 bits per heavy atom. The maximum Gasteiger partial charge on any atom is 0.144 e. The van der Waals surface area contributed by atoms with Crippen LogP contribution in [0.3, 0.4) is 0 Å². The van der Waals surface area contributed by atoms with Crippen LogP contribution in [0.15, 0.2) is 40.3 Å². The smallest absolute Gasteiger partial charge is 0.144 e. The lowest BCUT2D eigenvalue weighted by atomic mass is 10.2. The van der Waals surface area contributed by atoms with Gasteiger partial charge in [-0.2, -0.15) is 0 Å². The summed E-state index contributed by atoms with van der Waals surface area (Å²) in [6, 6.07) is 9.58. The molecule has 2 heterocycles. The zero-order valence-corrected chi connectivity index (χ0v) is 12.7. The van der Waals surface area contributed by atoms with Gasteiger partial charge in [0.2, 0.25) is 0 Å². The molecule has 0 fully saturated rings. The molecule has 1 aliphatic rings. The summed E-state index contributed by atoms with van der Waals surface area (Å²) >= 11 is 0. The highest BCUT2D eigenvalue weighted by molar-refractivity contribution is 6.17. The normalized spacial score (nSPS) is 14.7. The van der Waals surface area contributed by atoms with E-state index in [0.717, 1.165) is 5.56 Å². The van der Waals surface area contributed by atoms with Crippen molar-refractivity contribution in [2.24, 2.45) is 9.98 Å². The van der Waals surface area contributed by atoms with Crippen LogP contribution in [0.4, 0.5) is 0 Å². The highest BCUT2D eigenvalue weighted by Crippen LogP contribution is 2.17. The lowest BCUT2D eigenvalue weighted by Gasteiger charge is -2.06. The summed E-state index contributed by atoms with van der Waals surface area (Å²) < 4.78 is 0. The third-order valence-electron chi connectivity index (χ3n) is 3.07. The number of nitrogens with one attached hydrogen (secondary N) is 1. The first-order valence-corrected chi connectivity index (χ1v) is 6.99. The molecule has 0 radical (unpaired) electrons. The van der Waals surface area contributed by atoms with E-state index in [4.69, 9.17) is 10.2 Å². The predicted molar refractivity (Wildman–Crippen MR) is 86.9 cm³/mol. The van der Waals surface area contributed by atoms with Crippen LogP contribution in [-0.2, 0) is 13.2 Å².